The molecule has 2 aromatic heterocycles. The zero-order chi connectivity index (χ0) is 9.97. The molecule has 0 saturated heterocycles. The highest BCUT2D eigenvalue weighted by molar-refractivity contribution is 5.84. The number of hydrogen-bond donors (Lipinski definition) is 3. The van der Waals surface area contributed by atoms with E-state index in [0.29, 0.717) is 17.0 Å². The predicted molar refractivity (Wildman–Crippen MR) is 47.8 cm³/mol. The third kappa shape index (κ3) is 1.47. The molecule has 0 aromatic carbocycles. The van der Waals surface area contributed by atoms with Crippen LogP contribution in [0.25, 0.3) is 11.2 Å². The lowest BCUT2D eigenvalue weighted by Gasteiger charge is -2.01. The number of fused-ring (bicyclic) bond motifs is 1. The van der Waals surface area contributed by atoms with Crippen LogP contribution in [0.5, 0.6) is 0 Å². The lowest BCUT2D eigenvalue weighted by Crippen LogP contribution is -2.13. The van der Waals surface area contributed by atoms with E-state index < -0.39 is 5.97 Å². The monoisotopic (exact) mass is 193 g/mol. The summed E-state index contributed by atoms with van der Waals surface area (Å²) in [7, 11) is 0. The first kappa shape index (κ1) is 8.42. The van der Waals surface area contributed by atoms with Gasteiger partial charge in [-0.05, 0) is 0 Å². The van der Waals surface area contributed by atoms with Crippen LogP contribution >= 0.6 is 0 Å². The second-order valence-corrected chi connectivity index (χ2v) is 2.57. The molecule has 0 fully saturated rings. The smallest absolute Gasteiger partial charge is 0.322 e. The number of aliphatic carboxylic acids is 1. The van der Waals surface area contributed by atoms with Gasteiger partial charge >= 0.3 is 5.97 Å². The maximum absolute atomic E-state index is 10.3. The summed E-state index contributed by atoms with van der Waals surface area (Å²) in [6.45, 7) is -0.195. The summed E-state index contributed by atoms with van der Waals surface area (Å²) >= 11 is 0. The largest absolute Gasteiger partial charge is 0.480 e. The van der Waals surface area contributed by atoms with Crippen LogP contribution in [0.15, 0.2) is 12.7 Å². The van der Waals surface area contributed by atoms with Crippen molar-refractivity contribution in [2.45, 2.75) is 0 Å². The number of carboxylic acids is 1. The quantitative estimate of drug-likeness (QED) is 0.626. The van der Waals surface area contributed by atoms with Gasteiger partial charge in [0.25, 0.3) is 0 Å². The molecule has 7 nitrogen and oxygen atoms in total. The van der Waals surface area contributed by atoms with Crippen molar-refractivity contribution < 1.29 is 9.90 Å². The molecule has 0 saturated carbocycles. The molecule has 0 bridgehead atoms. The van der Waals surface area contributed by atoms with E-state index in [0.717, 1.165) is 0 Å². The Hall–Kier alpha value is -2.18. The van der Waals surface area contributed by atoms with Gasteiger partial charge in [0, 0.05) is 0 Å². The molecule has 0 atom stereocenters. The van der Waals surface area contributed by atoms with Gasteiger partial charge in [-0.3, -0.25) is 4.79 Å². The normalized spacial score (nSPS) is 10.3. The first-order chi connectivity index (χ1) is 6.77. The SMILES string of the molecule is O=C(O)CNc1ncnc2[nH]cnc12. The number of rotatable bonds is 3. The molecule has 0 unspecified atom stereocenters. The number of carbonyl (C=O) groups is 1. The molecular formula is C7H7N5O2. The Bertz CT molecular complexity index is 466. The molecule has 2 heterocycles. The summed E-state index contributed by atoms with van der Waals surface area (Å²) in [4.78, 5) is 24.9. The molecule has 0 aliphatic heterocycles. The van der Waals surface area contributed by atoms with Crippen LogP contribution in [0.1, 0.15) is 0 Å². The number of H-pyrrole nitrogens is 1. The maximum Gasteiger partial charge on any atom is 0.322 e. The minimum absolute atomic E-state index is 0.195. The highest BCUT2D eigenvalue weighted by Gasteiger charge is 2.06. The average molecular weight is 193 g/mol. The van der Waals surface area contributed by atoms with E-state index >= 15 is 0 Å². The van der Waals surface area contributed by atoms with Gasteiger partial charge in [0.2, 0.25) is 0 Å². The highest BCUT2D eigenvalue weighted by Crippen LogP contribution is 2.13. The van der Waals surface area contributed by atoms with Gasteiger partial charge in [0.1, 0.15) is 18.4 Å². The van der Waals surface area contributed by atoms with E-state index in [1.807, 2.05) is 0 Å². The second kappa shape index (κ2) is 3.29. The number of anilines is 1. The van der Waals surface area contributed by atoms with Crippen LogP contribution in [-0.2, 0) is 4.79 Å². The number of carboxylic acid groups (broad SMARTS) is 1. The summed E-state index contributed by atoms with van der Waals surface area (Å²) in [6, 6.07) is 0. The topological polar surface area (TPSA) is 104 Å². The van der Waals surface area contributed by atoms with E-state index in [1.54, 1.807) is 0 Å². The molecule has 2 rings (SSSR count). The number of aromatic amines is 1. The van der Waals surface area contributed by atoms with E-state index in [2.05, 4.69) is 25.3 Å². The van der Waals surface area contributed by atoms with Crippen molar-refractivity contribution >= 4 is 23.0 Å². The van der Waals surface area contributed by atoms with Gasteiger partial charge in [0.15, 0.2) is 11.5 Å². The standard InChI is InChI=1S/C7H7N5O2/c13-4(14)1-8-6-5-7(10-2-9-5)12-3-11-6/h2-3H,1H2,(H,13,14)(H2,8,9,10,11,12). The fourth-order valence-corrected chi connectivity index (χ4v) is 1.05. The molecule has 0 amide bonds. The summed E-state index contributed by atoms with van der Waals surface area (Å²) in [6.07, 6.45) is 2.82. The second-order valence-electron chi connectivity index (χ2n) is 2.57. The fraction of sp³-hybridized carbons (Fsp3) is 0.143. The minimum atomic E-state index is -0.952. The fourth-order valence-electron chi connectivity index (χ4n) is 1.05. The zero-order valence-electron chi connectivity index (χ0n) is 7.06. The van der Waals surface area contributed by atoms with Crippen molar-refractivity contribution in [3.8, 4) is 0 Å². The van der Waals surface area contributed by atoms with Crippen molar-refractivity contribution in [2.24, 2.45) is 0 Å². The Morgan fingerprint density at radius 2 is 2.36 bits per heavy atom. The van der Waals surface area contributed by atoms with Crippen LogP contribution in [0, 0.1) is 0 Å². The van der Waals surface area contributed by atoms with E-state index in [4.69, 9.17) is 5.11 Å². The predicted octanol–water partition coefficient (Wildman–Crippen LogP) is -0.151. The average Bonchev–Trinajstić information content (AvgIpc) is 2.62. The Balaban J connectivity index is 2.32. The molecule has 0 aliphatic carbocycles. The highest BCUT2D eigenvalue weighted by atomic mass is 16.4. The lowest BCUT2D eigenvalue weighted by molar-refractivity contribution is -0.134. The van der Waals surface area contributed by atoms with Crippen molar-refractivity contribution in [2.75, 3.05) is 11.9 Å². The van der Waals surface area contributed by atoms with Crippen LogP contribution in [-0.4, -0.2) is 37.6 Å². The van der Waals surface area contributed by atoms with Crippen molar-refractivity contribution in [3.63, 3.8) is 0 Å². The summed E-state index contributed by atoms with van der Waals surface area (Å²) in [5, 5.41) is 11.1. The summed E-state index contributed by atoms with van der Waals surface area (Å²) in [5.41, 5.74) is 1.11. The van der Waals surface area contributed by atoms with Crippen LogP contribution in [0.2, 0.25) is 0 Å². The molecular weight excluding hydrogens is 186 g/mol. The molecule has 14 heavy (non-hydrogen) atoms. The number of imidazole rings is 1. The van der Waals surface area contributed by atoms with Gasteiger partial charge in [-0.15, -0.1) is 0 Å². The minimum Gasteiger partial charge on any atom is -0.480 e. The first-order valence-electron chi connectivity index (χ1n) is 3.87. The Kier molecular flexibility index (Phi) is 1.98. The van der Waals surface area contributed by atoms with Crippen molar-refractivity contribution in [1.29, 1.82) is 0 Å². The van der Waals surface area contributed by atoms with Crippen LogP contribution < -0.4 is 5.32 Å². The molecule has 72 valence electrons. The van der Waals surface area contributed by atoms with E-state index in [-0.39, 0.29) is 6.54 Å². The Morgan fingerprint density at radius 1 is 1.50 bits per heavy atom. The third-order valence-corrected chi connectivity index (χ3v) is 1.62. The van der Waals surface area contributed by atoms with Crippen LogP contribution in [0.3, 0.4) is 0 Å². The number of hydrogen-bond acceptors (Lipinski definition) is 5. The van der Waals surface area contributed by atoms with Crippen LogP contribution in [0.4, 0.5) is 5.82 Å². The molecule has 7 heteroatoms. The molecule has 3 N–H and O–H groups in total. The molecule has 2 aromatic rings. The molecule has 0 radical (unpaired) electrons. The van der Waals surface area contributed by atoms with Gasteiger partial charge in [-0.2, -0.15) is 0 Å². The maximum atomic E-state index is 10.3. The van der Waals surface area contributed by atoms with Crippen molar-refractivity contribution in [1.82, 2.24) is 19.9 Å². The number of nitrogens with one attached hydrogen (secondary N) is 2. The van der Waals surface area contributed by atoms with Gasteiger partial charge in [-0.1, -0.05) is 0 Å². The van der Waals surface area contributed by atoms with E-state index in [1.165, 1.54) is 12.7 Å². The summed E-state index contributed by atoms with van der Waals surface area (Å²) < 4.78 is 0. The molecule has 0 spiro atoms. The number of aromatic nitrogens is 4. The van der Waals surface area contributed by atoms with Gasteiger partial charge in [-0.25, -0.2) is 15.0 Å². The Labute approximate surface area is 78.2 Å². The first-order valence-corrected chi connectivity index (χ1v) is 3.87. The molecule has 0 aliphatic rings. The van der Waals surface area contributed by atoms with Crippen molar-refractivity contribution in [3.05, 3.63) is 12.7 Å². The Morgan fingerprint density at radius 3 is 3.14 bits per heavy atom. The van der Waals surface area contributed by atoms with E-state index in [9.17, 15) is 4.79 Å². The lowest BCUT2D eigenvalue weighted by atomic mass is 10.5. The van der Waals surface area contributed by atoms with Gasteiger partial charge < -0.3 is 15.4 Å². The summed E-state index contributed by atoms with van der Waals surface area (Å²) in [5.74, 6) is -0.536. The third-order valence-electron chi connectivity index (χ3n) is 1.62. The number of nitrogens with zero attached hydrogens (tertiary/aromatic N) is 3. The zero-order valence-corrected chi connectivity index (χ0v) is 7.06. The van der Waals surface area contributed by atoms with Gasteiger partial charge in [0.05, 0.1) is 6.33 Å².